The fraction of sp³-hybridized carbons (Fsp3) is 0.438. The van der Waals surface area contributed by atoms with Gasteiger partial charge in [0.1, 0.15) is 6.54 Å². The van der Waals surface area contributed by atoms with E-state index in [0.717, 1.165) is 23.4 Å². The van der Waals surface area contributed by atoms with E-state index in [1.807, 2.05) is 67.8 Å². The smallest absolute Gasteiger partial charge is 0.385 e. The molecule has 0 aliphatic heterocycles. The van der Waals surface area contributed by atoms with Crippen molar-refractivity contribution < 1.29 is 27.5 Å². The van der Waals surface area contributed by atoms with Crippen LogP contribution in [0.2, 0.25) is 0 Å². The van der Waals surface area contributed by atoms with Crippen LogP contribution in [-0.2, 0) is 40.1 Å². The van der Waals surface area contributed by atoms with Gasteiger partial charge in [0.25, 0.3) is 0 Å². The van der Waals surface area contributed by atoms with Crippen molar-refractivity contribution in [1.29, 1.82) is 0 Å². The molecule has 0 N–H and O–H groups in total. The Kier molecular flexibility index (Phi) is 11.2. The van der Waals surface area contributed by atoms with Crippen molar-refractivity contribution in [2.24, 2.45) is 5.41 Å². The molecule has 3 aromatic rings. The van der Waals surface area contributed by atoms with Crippen molar-refractivity contribution >= 4 is 11.8 Å². The Morgan fingerprint density at radius 2 is 1.56 bits per heavy atom. The summed E-state index contributed by atoms with van der Waals surface area (Å²) in [5, 5.41) is 0. The molecule has 0 aliphatic rings. The molecule has 9 heteroatoms. The fourth-order valence-electron chi connectivity index (χ4n) is 4.54. The SMILES string of the molecule is COCCCN(Cc1cccn1Cc1cccc(C(F)(F)F)c1)C(=O)CN(Cc1ccccc1)C(=O)CC(C)(C)C. The lowest BCUT2D eigenvalue weighted by Crippen LogP contribution is -2.43. The van der Waals surface area contributed by atoms with Gasteiger partial charge in [-0.15, -0.1) is 0 Å². The van der Waals surface area contributed by atoms with Gasteiger partial charge in [0, 0.05) is 51.7 Å². The van der Waals surface area contributed by atoms with E-state index in [1.54, 1.807) is 29.2 Å². The quantitative estimate of drug-likeness (QED) is 0.224. The maximum atomic E-state index is 13.7. The van der Waals surface area contributed by atoms with E-state index in [9.17, 15) is 22.8 Å². The van der Waals surface area contributed by atoms with Crippen LogP contribution in [0.4, 0.5) is 13.2 Å². The molecule has 0 spiro atoms. The van der Waals surface area contributed by atoms with Crippen LogP contribution < -0.4 is 0 Å². The highest BCUT2D eigenvalue weighted by atomic mass is 19.4. The van der Waals surface area contributed by atoms with E-state index in [4.69, 9.17) is 4.74 Å². The molecule has 0 saturated carbocycles. The number of amides is 2. The van der Waals surface area contributed by atoms with Crippen LogP contribution in [0.3, 0.4) is 0 Å². The molecule has 0 radical (unpaired) electrons. The predicted octanol–water partition coefficient (Wildman–Crippen LogP) is 6.39. The van der Waals surface area contributed by atoms with Gasteiger partial charge in [-0.2, -0.15) is 13.2 Å². The Balaban J connectivity index is 1.80. The number of hydrogen-bond acceptors (Lipinski definition) is 3. The Labute approximate surface area is 240 Å². The minimum absolute atomic E-state index is 0.0782. The van der Waals surface area contributed by atoms with Gasteiger partial charge in [-0.3, -0.25) is 9.59 Å². The minimum Gasteiger partial charge on any atom is -0.385 e. The standard InChI is InChI=1S/C32H40F3N3O3/c1-31(2,3)20-29(39)38(21-25-11-6-5-7-12-25)24-30(40)37(17-10-18-41-4)23-28-15-9-16-36(28)22-26-13-8-14-27(19-26)32(33,34)35/h5-9,11-16,19H,10,17-18,20-24H2,1-4H3. The molecule has 0 unspecified atom stereocenters. The lowest BCUT2D eigenvalue weighted by molar-refractivity contribution is -0.142. The van der Waals surface area contributed by atoms with E-state index in [-0.39, 0.29) is 36.9 Å². The third kappa shape index (κ3) is 10.4. The number of benzene rings is 2. The molecule has 0 atom stereocenters. The van der Waals surface area contributed by atoms with Gasteiger partial charge in [0.15, 0.2) is 0 Å². The van der Waals surface area contributed by atoms with Crippen LogP contribution in [0, 0.1) is 5.41 Å². The van der Waals surface area contributed by atoms with E-state index in [1.165, 1.54) is 6.07 Å². The van der Waals surface area contributed by atoms with Crippen LogP contribution in [0.25, 0.3) is 0 Å². The average Bonchev–Trinajstić information content (AvgIpc) is 3.33. The maximum absolute atomic E-state index is 13.7. The Bertz CT molecular complexity index is 1270. The summed E-state index contributed by atoms with van der Waals surface area (Å²) in [7, 11) is 1.60. The number of ether oxygens (including phenoxy) is 1. The van der Waals surface area contributed by atoms with Gasteiger partial charge in [0.05, 0.1) is 12.1 Å². The Morgan fingerprint density at radius 3 is 2.22 bits per heavy atom. The predicted molar refractivity (Wildman–Crippen MR) is 153 cm³/mol. The number of methoxy groups -OCH3 is 1. The first-order valence-corrected chi connectivity index (χ1v) is 13.7. The zero-order valence-electron chi connectivity index (χ0n) is 24.3. The maximum Gasteiger partial charge on any atom is 0.416 e. The van der Waals surface area contributed by atoms with Gasteiger partial charge in [-0.25, -0.2) is 0 Å². The minimum atomic E-state index is -4.42. The van der Waals surface area contributed by atoms with Crippen molar-refractivity contribution in [3.63, 3.8) is 0 Å². The summed E-state index contributed by atoms with van der Waals surface area (Å²) in [5.41, 5.74) is 1.29. The molecule has 6 nitrogen and oxygen atoms in total. The van der Waals surface area contributed by atoms with Crippen molar-refractivity contribution in [2.75, 3.05) is 26.8 Å². The molecule has 0 saturated heterocycles. The zero-order valence-corrected chi connectivity index (χ0v) is 24.3. The second-order valence-corrected chi connectivity index (χ2v) is 11.5. The van der Waals surface area contributed by atoms with E-state index < -0.39 is 11.7 Å². The summed E-state index contributed by atoms with van der Waals surface area (Å²) in [6.07, 6.45) is -1.72. The first kappa shape index (κ1) is 31.9. The molecule has 0 fully saturated rings. The molecule has 3 rings (SSSR count). The number of aromatic nitrogens is 1. The van der Waals surface area contributed by atoms with Crippen molar-refractivity contribution in [3.05, 3.63) is 95.3 Å². The first-order chi connectivity index (χ1) is 19.4. The van der Waals surface area contributed by atoms with Crippen LogP contribution in [0.15, 0.2) is 72.9 Å². The largest absolute Gasteiger partial charge is 0.416 e. The lowest BCUT2D eigenvalue weighted by atomic mass is 9.91. The van der Waals surface area contributed by atoms with Gasteiger partial charge in [-0.05, 0) is 47.2 Å². The summed E-state index contributed by atoms with van der Waals surface area (Å²) in [4.78, 5) is 30.3. The summed E-state index contributed by atoms with van der Waals surface area (Å²) >= 11 is 0. The molecule has 0 aliphatic carbocycles. The molecule has 2 aromatic carbocycles. The third-order valence-electron chi connectivity index (χ3n) is 6.59. The van der Waals surface area contributed by atoms with Gasteiger partial charge >= 0.3 is 6.18 Å². The molecule has 222 valence electrons. The molecule has 1 aromatic heterocycles. The molecule has 2 amide bonds. The highest BCUT2D eigenvalue weighted by Gasteiger charge is 2.30. The summed E-state index contributed by atoms with van der Waals surface area (Å²) in [5.74, 6) is -0.300. The van der Waals surface area contributed by atoms with Gasteiger partial charge < -0.3 is 19.1 Å². The Hall–Kier alpha value is -3.59. The lowest BCUT2D eigenvalue weighted by Gasteiger charge is -2.30. The summed E-state index contributed by atoms with van der Waals surface area (Å²) < 4.78 is 46.8. The molecule has 0 bridgehead atoms. The highest BCUT2D eigenvalue weighted by molar-refractivity contribution is 5.85. The summed E-state index contributed by atoms with van der Waals surface area (Å²) in [6, 6.07) is 18.5. The highest BCUT2D eigenvalue weighted by Crippen LogP contribution is 2.30. The molecule has 41 heavy (non-hydrogen) atoms. The number of halogens is 3. The van der Waals surface area contributed by atoms with Crippen molar-refractivity contribution in [3.8, 4) is 0 Å². The molecular weight excluding hydrogens is 531 g/mol. The second kappa shape index (κ2) is 14.3. The van der Waals surface area contributed by atoms with Crippen molar-refractivity contribution in [1.82, 2.24) is 14.4 Å². The normalized spacial score (nSPS) is 11.9. The third-order valence-corrected chi connectivity index (χ3v) is 6.59. The topological polar surface area (TPSA) is 54.8 Å². The monoisotopic (exact) mass is 571 g/mol. The number of rotatable bonds is 13. The second-order valence-electron chi connectivity index (χ2n) is 11.5. The van der Waals surface area contributed by atoms with Gasteiger partial charge in [-0.1, -0.05) is 63.2 Å². The van der Waals surface area contributed by atoms with Crippen molar-refractivity contribution in [2.45, 2.75) is 59.4 Å². The molecule has 1 heterocycles. The van der Waals surface area contributed by atoms with E-state index in [0.29, 0.717) is 38.1 Å². The van der Waals surface area contributed by atoms with Crippen LogP contribution >= 0.6 is 0 Å². The molecular formula is C32H40F3N3O3. The van der Waals surface area contributed by atoms with E-state index in [2.05, 4.69) is 0 Å². The van der Waals surface area contributed by atoms with Gasteiger partial charge in [0.2, 0.25) is 11.8 Å². The number of alkyl halides is 3. The fourth-order valence-corrected chi connectivity index (χ4v) is 4.54. The number of nitrogens with zero attached hydrogens (tertiary/aromatic N) is 3. The van der Waals surface area contributed by atoms with Crippen LogP contribution in [0.5, 0.6) is 0 Å². The summed E-state index contributed by atoms with van der Waals surface area (Å²) in [6.45, 7) is 7.57. The van der Waals surface area contributed by atoms with Crippen LogP contribution in [0.1, 0.15) is 56.0 Å². The average molecular weight is 572 g/mol. The number of hydrogen-bond donors (Lipinski definition) is 0. The zero-order chi connectivity index (χ0) is 30.0. The number of carbonyl (C=O) groups excluding carboxylic acids is 2. The van der Waals surface area contributed by atoms with Crippen LogP contribution in [-0.4, -0.2) is 53.0 Å². The number of carbonyl (C=O) groups is 2. The van der Waals surface area contributed by atoms with E-state index >= 15 is 0 Å². The first-order valence-electron chi connectivity index (χ1n) is 13.7. The Morgan fingerprint density at radius 1 is 0.854 bits per heavy atom.